The smallest absolute Gasteiger partial charge is 0.408 e. The van der Waals surface area contributed by atoms with Crippen molar-refractivity contribution in [3.8, 4) is 0 Å². The molecule has 1 N–H and O–H groups in total. The highest BCUT2D eigenvalue weighted by Gasteiger charge is 2.35. The Labute approximate surface area is 108 Å². The van der Waals surface area contributed by atoms with Crippen molar-refractivity contribution in [2.75, 3.05) is 0 Å². The summed E-state index contributed by atoms with van der Waals surface area (Å²) in [5, 5.41) is 2.93. The largest absolute Gasteiger partial charge is 0.444 e. The molecule has 0 aliphatic heterocycles. The van der Waals surface area contributed by atoms with Gasteiger partial charge in [0.05, 0.1) is 11.7 Å². The number of nitrogens with one attached hydrogen (secondary N) is 1. The van der Waals surface area contributed by atoms with E-state index < -0.39 is 5.60 Å². The predicted molar refractivity (Wildman–Crippen MR) is 69.1 cm³/mol. The van der Waals surface area contributed by atoms with Crippen molar-refractivity contribution < 1.29 is 9.53 Å². The fourth-order valence-electron chi connectivity index (χ4n) is 1.86. The molecule has 4 nitrogen and oxygen atoms in total. The van der Waals surface area contributed by atoms with Crippen molar-refractivity contribution in [3.05, 3.63) is 30.1 Å². The molecule has 0 radical (unpaired) electrons. The minimum Gasteiger partial charge on any atom is -0.444 e. The molecular formula is C14H20N2O2. The van der Waals surface area contributed by atoms with Crippen LogP contribution < -0.4 is 5.32 Å². The highest BCUT2D eigenvalue weighted by Crippen LogP contribution is 2.40. The normalized spacial score (nSPS) is 17.1. The van der Waals surface area contributed by atoms with Crippen LogP contribution >= 0.6 is 0 Å². The molecule has 1 aliphatic rings. The first-order valence-electron chi connectivity index (χ1n) is 6.36. The lowest BCUT2D eigenvalue weighted by Gasteiger charge is -2.23. The van der Waals surface area contributed by atoms with E-state index in [-0.39, 0.29) is 12.1 Å². The number of amides is 1. The second-order valence-corrected chi connectivity index (χ2v) is 5.72. The van der Waals surface area contributed by atoms with E-state index >= 15 is 0 Å². The minimum atomic E-state index is -0.470. The van der Waals surface area contributed by atoms with E-state index in [2.05, 4.69) is 10.3 Å². The number of carbonyl (C=O) groups is 1. The monoisotopic (exact) mass is 248 g/mol. The first kappa shape index (κ1) is 12.9. The first-order valence-corrected chi connectivity index (χ1v) is 6.36. The molecule has 1 unspecified atom stereocenters. The zero-order valence-electron chi connectivity index (χ0n) is 11.1. The van der Waals surface area contributed by atoms with Crippen LogP contribution in [0, 0.1) is 5.92 Å². The van der Waals surface area contributed by atoms with Gasteiger partial charge in [-0.1, -0.05) is 6.07 Å². The molecule has 0 bridgehead atoms. The van der Waals surface area contributed by atoms with Crippen LogP contribution in [0.25, 0.3) is 0 Å². The zero-order valence-corrected chi connectivity index (χ0v) is 11.1. The van der Waals surface area contributed by atoms with E-state index in [4.69, 9.17) is 4.74 Å². The van der Waals surface area contributed by atoms with Crippen LogP contribution in [0.3, 0.4) is 0 Å². The second-order valence-electron chi connectivity index (χ2n) is 5.72. The Morgan fingerprint density at radius 3 is 2.67 bits per heavy atom. The fraction of sp³-hybridized carbons (Fsp3) is 0.571. The van der Waals surface area contributed by atoms with Gasteiger partial charge in [0.2, 0.25) is 0 Å². The summed E-state index contributed by atoms with van der Waals surface area (Å²) in [5.41, 5.74) is 0.438. The molecular weight excluding hydrogens is 228 g/mol. The van der Waals surface area contributed by atoms with Gasteiger partial charge in [0.25, 0.3) is 0 Å². The van der Waals surface area contributed by atoms with Gasteiger partial charge < -0.3 is 10.1 Å². The number of ether oxygens (including phenoxy) is 1. The maximum atomic E-state index is 11.8. The number of nitrogens with zero attached hydrogens (tertiary/aromatic N) is 1. The maximum Gasteiger partial charge on any atom is 0.408 e. The maximum absolute atomic E-state index is 11.8. The fourth-order valence-corrected chi connectivity index (χ4v) is 1.86. The average molecular weight is 248 g/mol. The number of carbonyl (C=O) groups excluding carboxylic acids is 1. The van der Waals surface area contributed by atoms with Gasteiger partial charge in [-0.25, -0.2) is 4.79 Å². The lowest BCUT2D eigenvalue weighted by atomic mass is 10.1. The van der Waals surface area contributed by atoms with Gasteiger partial charge in [0.15, 0.2) is 0 Å². The lowest BCUT2D eigenvalue weighted by molar-refractivity contribution is 0.0496. The van der Waals surface area contributed by atoms with Gasteiger partial charge in [-0.2, -0.15) is 0 Å². The van der Waals surface area contributed by atoms with Crippen molar-refractivity contribution >= 4 is 6.09 Å². The van der Waals surface area contributed by atoms with E-state index in [1.807, 2.05) is 39.0 Å². The van der Waals surface area contributed by atoms with Crippen molar-refractivity contribution in [1.82, 2.24) is 10.3 Å². The summed E-state index contributed by atoms with van der Waals surface area (Å²) < 4.78 is 5.29. The Morgan fingerprint density at radius 1 is 1.44 bits per heavy atom. The van der Waals surface area contributed by atoms with Crippen molar-refractivity contribution in [2.24, 2.45) is 5.92 Å². The van der Waals surface area contributed by atoms with Crippen molar-refractivity contribution in [3.63, 3.8) is 0 Å². The van der Waals surface area contributed by atoms with Crippen molar-refractivity contribution in [1.29, 1.82) is 0 Å². The molecule has 1 aromatic heterocycles. The molecule has 1 heterocycles. The summed E-state index contributed by atoms with van der Waals surface area (Å²) >= 11 is 0. The van der Waals surface area contributed by atoms with Crippen LogP contribution in [0.1, 0.15) is 45.3 Å². The van der Waals surface area contributed by atoms with Crippen LogP contribution in [0.4, 0.5) is 4.79 Å². The summed E-state index contributed by atoms with van der Waals surface area (Å²) in [6, 6.07) is 5.73. The van der Waals surface area contributed by atoms with Crippen LogP contribution in [-0.2, 0) is 4.74 Å². The zero-order chi connectivity index (χ0) is 13.2. The molecule has 4 heteroatoms. The molecule has 1 fully saturated rings. The first-order chi connectivity index (χ1) is 8.46. The molecule has 1 amide bonds. The Bertz CT molecular complexity index is 408. The number of aromatic nitrogens is 1. The summed E-state index contributed by atoms with van der Waals surface area (Å²) in [7, 11) is 0. The van der Waals surface area contributed by atoms with E-state index in [1.165, 1.54) is 0 Å². The summed E-state index contributed by atoms with van der Waals surface area (Å²) in [6.07, 6.45) is 3.65. The van der Waals surface area contributed by atoms with Gasteiger partial charge in [-0.05, 0) is 51.7 Å². The molecule has 1 atom stereocenters. The van der Waals surface area contributed by atoms with Crippen LogP contribution in [0.15, 0.2) is 24.4 Å². The molecule has 98 valence electrons. The van der Waals surface area contributed by atoms with Gasteiger partial charge in [-0.3, -0.25) is 4.98 Å². The molecule has 2 rings (SSSR count). The Balaban J connectivity index is 2.02. The van der Waals surface area contributed by atoms with E-state index in [1.54, 1.807) is 6.20 Å². The van der Waals surface area contributed by atoms with Crippen LogP contribution in [0.5, 0.6) is 0 Å². The third-order valence-electron chi connectivity index (χ3n) is 2.77. The Hall–Kier alpha value is -1.58. The standard InChI is InChI=1S/C14H20N2O2/c1-14(2,3)18-13(17)16-12(10-7-8-10)11-6-4-5-9-15-11/h4-6,9-10,12H,7-8H2,1-3H3,(H,16,17). The van der Waals surface area contributed by atoms with E-state index in [0.717, 1.165) is 18.5 Å². The minimum absolute atomic E-state index is 0.0268. The third kappa shape index (κ3) is 3.72. The van der Waals surface area contributed by atoms with Gasteiger partial charge in [-0.15, -0.1) is 0 Å². The number of hydrogen-bond acceptors (Lipinski definition) is 3. The van der Waals surface area contributed by atoms with Crippen LogP contribution in [-0.4, -0.2) is 16.7 Å². The summed E-state index contributed by atoms with van der Waals surface area (Å²) in [4.78, 5) is 16.1. The number of alkyl carbamates (subject to hydrolysis) is 1. The average Bonchev–Trinajstić information content (AvgIpc) is 3.08. The summed E-state index contributed by atoms with van der Waals surface area (Å²) in [5.74, 6) is 0.493. The highest BCUT2D eigenvalue weighted by atomic mass is 16.6. The quantitative estimate of drug-likeness (QED) is 0.894. The summed E-state index contributed by atoms with van der Waals surface area (Å²) in [6.45, 7) is 5.58. The Morgan fingerprint density at radius 2 is 2.17 bits per heavy atom. The molecule has 1 aromatic rings. The van der Waals surface area contributed by atoms with Gasteiger partial charge in [0.1, 0.15) is 5.60 Å². The Kier molecular flexibility index (Phi) is 3.55. The molecule has 0 spiro atoms. The van der Waals surface area contributed by atoms with E-state index in [0.29, 0.717) is 5.92 Å². The third-order valence-corrected chi connectivity index (χ3v) is 2.77. The SMILES string of the molecule is CC(C)(C)OC(=O)NC(c1ccccn1)C1CC1. The topological polar surface area (TPSA) is 51.2 Å². The molecule has 1 aliphatic carbocycles. The van der Waals surface area contributed by atoms with Gasteiger partial charge in [0, 0.05) is 6.20 Å². The number of pyridine rings is 1. The number of rotatable bonds is 3. The second kappa shape index (κ2) is 4.96. The predicted octanol–water partition coefficient (Wildman–Crippen LogP) is 3.06. The van der Waals surface area contributed by atoms with Crippen molar-refractivity contribution in [2.45, 2.75) is 45.3 Å². The molecule has 0 saturated heterocycles. The highest BCUT2D eigenvalue weighted by molar-refractivity contribution is 5.68. The van der Waals surface area contributed by atoms with Crippen LogP contribution in [0.2, 0.25) is 0 Å². The van der Waals surface area contributed by atoms with E-state index in [9.17, 15) is 4.79 Å². The molecule has 1 saturated carbocycles. The van der Waals surface area contributed by atoms with Gasteiger partial charge >= 0.3 is 6.09 Å². The number of hydrogen-bond donors (Lipinski definition) is 1. The molecule has 0 aromatic carbocycles. The lowest BCUT2D eigenvalue weighted by Crippen LogP contribution is -2.36. The molecule has 18 heavy (non-hydrogen) atoms.